The van der Waals surface area contributed by atoms with E-state index in [1.807, 2.05) is 62.4 Å². The molecule has 2 aromatic rings. The van der Waals surface area contributed by atoms with Crippen LogP contribution in [-0.2, 0) is 9.59 Å². The van der Waals surface area contributed by atoms with Crippen molar-refractivity contribution in [1.29, 1.82) is 0 Å². The fourth-order valence-electron chi connectivity index (χ4n) is 2.46. The molecule has 1 saturated carbocycles. The summed E-state index contributed by atoms with van der Waals surface area (Å²) in [5.41, 5.74) is 6.67. The molecule has 6 nitrogen and oxygen atoms in total. The van der Waals surface area contributed by atoms with E-state index in [0.717, 1.165) is 20.1 Å². The van der Waals surface area contributed by atoms with Crippen LogP contribution >= 0.6 is 31.9 Å². The summed E-state index contributed by atoms with van der Waals surface area (Å²) in [5, 5.41) is 7.87. The van der Waals surface area contributed by atoms with E-state index in [1.54, 1.807) is 12.4 Å². The average molecular weight is 522 g/mol. The lowest BCUT2D eigenvalue weighted by Crippen LogP contribution is -2.25. The monoisotopic (exact) mass is 520 g/mol. The van der Waals surface area contributed by atoms with E-state index < -0.39 is 0 Å². The maximum atomic E-state index is 12.1. The minimum atomic E-state index is -0.370. The summed E-state index contributed by atoms with van der Waals surface area (Å²) in [4.78, 5) is 24.1. The number of halogens is 2. The highest BCUT2D eigenvalue weighted by atomic mass is 79.9. The first-order valence-corrected chi connectivity index (χ1v) is 10.8. The van der Waals surface area contributed by atoms with Crippen molar-refractivity contribution in [3.8, 4) is 0 Å². The predicted molar refractivity (Wildman–Crippen MR) is 123 cm³/mol. The van der Waals surface area contributed by atoms with E-state index >= 15 is 0 Å². The standard InChI is InChI=1S/C19H16Br2N4O2.C2H6/c20-14-5-1-3-12(7-14)10-22-24-18(26)16-9-17(16)19(27)25-23-11-13-4-2-6-15(21)8-13;1-2/h1-8,10-11,16-17H,9H2,(H,24,26)(H,25,27);1-2H3/b22-10+,23-11+;. The van der Waals surface area contributed by atoms with E-state index in [0.29, 0.717) is 6.42 Å². The van der Waals surface area contributed by atoms with Gasteiger partial charge in [-0.1, -0.05) is 70.0 Å². The zero-order chi connectivity index (χ0) is 21.2. The number of hydrazone groups is 2. The van der Waals surface area contributed by atoms with Crippen LogP contribution < -0.4 is 10.9 Å². The lowest BCUT2D eigenvalue weighted by molar-refractivity contribution is -0.127. The van der Waals surface area contributed by atoms with Crippen molar-refractivity contribution in [2.45, 2.75) is 20.3 Å². The van der Waals surface area contributed by atoms with Crippen LogP contribution in [0.25, 0.3) is 0 Å². The maximum absolute atomic E-state index is 12.1. The summed E-state index contributed by atoms with van der Waals surface area (Å²) < 4.78 is 1.86. The van der Waals surface area contributed by atoms with Crippen molar-refractivity contribution in [2.24, 2.45) is 22.0 Å². The lowest BCUT2D eigenvalue weighted by atomic mass is 10.2. The number of carbonyl (C=O) groups is 2. The third kappa shape index (κ3) is 7.55. The van der Waals surface area contributed by atoms with Crippen LogP contribution in [0.15, 0.2) is 67.7 Å². The summed E-state index contributed by atoms with van der Waals surface area (Å²) in [6.45, 7) is 4.00. The van der Waals surface area contributed by atoms with Gasteiger partial charge in [-0.3, -0.25) is 9.59 Å². The number of rotatable bonds is 6. The molecule has 8 heteroatoms. The Morgan fingerprint density at radius 1 is 0.862 bits per heavy atom. The number of amides is 2. The van der Waals surface area contributed by atoms with Gasteiger partial charge in [-0.15, -0.1) is 0 Å². The van der Waals surface area contributed by atoms with E-state index in [4.69, 9.17) is 0 Å². The quantitative estimate of drug-likeness (QED) is 0.434. The molecule has 1 aliphatic rings. The Kier molecular flexibility index (Phi) is 9.21. The molecule has 0 aliphatic heterocycles. The largest absolute Gasteiger partial charge is 0.273 e. The zero-order valence-electron chi connectivity index (χ0n) is 16.1. The van der Waals surface area contributed by atoms with Gasteiger partial charge in [0.15, 0.2) is 0 Å². The topological polar surface area (TPSA) is 82.9 Å². The molecule has 2 unspecified atom stereocenters. The second-order valence-corrected chi connectivity index (χ2v) is 7.86. The van der Waals surface area contributed by atoms with Crippen LogP contribution in [0, 0.1) is 11.8 Å². The summed E-state index contributed by atoms with van der Waals surface area (Å²) in [5.74, 6) is -1.27. The normalized spacial score (nSPS) is 17.5. The Hall–Kier alpha value is -2.32. The molecule has 0 radical (unpaired) electrons. The molecule has 1 aliphatic carbocycles. The molecule has 2 atom stereocenters. The van der Waals surface area contributed by atoms with Crippen LogP contribution in [-0.4, -0.2) is 24.2 Å². The van der Waals surface area contributed by atoms with E-state index in [2.05, 4.69) is 52.9 Å². The highest BCUT2D eigenvalue weighted by Crippen LogP contribution is 2.38. The van der Waals surface area contributed by atoms with Gasteiger partial charge in [0, 0.05) is 8.95 Å². The highest BCUT2D eigenvalue weighted by molar-refractivity contribution is 9.10. The smallest absolute Gasteiger partial charge is 0.244 e. The number of benzene rings is 2. The molecule has 2 N–H and O–H groups in total. The number of hydrogen-bond donors (Lipinski definition) is 2. The third-order valence-corrected chi connectivity index (χ3v) is 4.92. The summed E-state index contributed by atoms with van der Waals surface area (Å²) in [6, 6.07) is 15.1. The lowest BCUT2D eigenvalue weighted by Gasteiger charge is -2.00. The van der Waals surface area contributed by atoms with Crippen molar-refractivity contribution >= 4 is 56.1 Å². The van der Waals surface area contributed by atoms with Crippen molar-refractivity contribution in [3.05, 3.63) is 68.6 Å². The molecule has 1 fully saturated rings. The first-order chi connectivity index (χ1) is 14.0. The van der Waals surface area contributed by atoms with E-state index in [1.165, 1.54) is 0 Å². The molecule has 0 saturated heterocycles. The van der Waals surface area contributed by atoms with Gasteiger partial charge in [0.25, 0.3) is 0 Å². The predicted octanol–water partition coefficient (Wildman–Crippen LogP) is 4.47. The molecule has 29 heavy (non-hydrogen) atoms. The van der Waals surface area contributed by atoms with Crippen LogP contribution in [0.1, 0.15) is 31.4 Å². The van der Waals surface area contributed by atoms with Gasteiger partial charge < -0.3 is 0 Å². The molecule has 0 aromatic heterocycles. The number of nitrogens with one attached hydrogen (secondary N) is 2. The maximum Gasteiger partial charge on any atom is 0.244 e. The summed E-state index contributed by atoms with van der Waals surface area (Å²) >= 11 is 6.74. The van der Waals surface area contributed by atoms with E-state index in [-0.39, 0.29) is 23.7 Å². The van der Waals surface area contributed by atoms with Gasteiger partial charge in [-0.25, -0.2) is 10.9 Å². The summed E-state index contributed by atoms with van der Waals surface area (Å²) in [7, 11) is 0. The molecule has 2 aromatic carbocycles. The van der Waals surface area contributed by atoms with Crippen LogP contribution in [0.4, 0.5) is 0 Å². The molecule has 0 spiro atoms. The van der Waals surface area contributed by atoms with Crippen molar-refractivity contribution in [2.75, 3.05) is 0 Å². The van der Waals surface area contributed by atoms with Gasteiger partial charge in [0.1, 0.15) is 0 Å². The van der Waals surface area contributed by atoms with Crippen molar-refractivity contribution in [3.63, 3.8) is 0 Å². The summed E-state index contributed by atoms with van der Waals surface area (Å²) in [6.07, 6.45) is 3.61. The average Bonchev–Trinajstić information content (AvgIpc) is 3.51. The van der Waals surface area contributed by atoms with Gasteiger partial charge in [-0.05, 0) is 41.8 Å². The highest BCUT2D eigenvalue weighted by Gasteiger charge is 2.48. The van der Waals surface area contributed by atoms with E-state index in [9.17, 15) is 9.59 Å². The Bertz CT molecular complexity index is 842. The number of nitrogens with zero attached hydrogens (tertiary/aromatic N) is 2. The molecule has 2 amide bonds. The van der Waals surface area contributed by atoms with Crippen LogP contribution in [0.3, 0.4) is 0 Å². The van der Waals surface area contributed by atoms with Crippen LogP contribution in [0.2, 0.25) is 0 Å². The Labute approximate surface area is 187 Å². The molecular formula is C21H22Br2N4O2. The van der Waals surface area contributed by atoms with Gasteiger partial charge >= 0.3 is 0 Å². The Morgan fingerprint density at radius 2 is 1.28 bits per heavy atom. The fraction of sp³-hybridized carbons (Fsp3) is 0.238. The fourth-order valence-corrected chi connectivity index (χ4v) is 3.29. The van der Waals surface area contributed by atoms with Crippen LogP contribution in [0.5, 0.6) is 0 Å². The molecule has 0 bridgehead atoms. The Balaban J connectivity index is 0.00000145. The first kappa shape index (κ1) is 23.0. The molecule has 152 valence electrons. The SMILES string of the molecule is CC.O=C(N/N=C/c1cccc(Br)c1)C1CC1C(=O)N/N=C/c1cccc(Br)c1. The van der Waals surface area contributed by atoms with Crippen molar-refractivity contribution in [1.82, 2.24) is 10.9 Å². The molecule has 0 heterocycles. The minimum Gasteiger partial charge on any atom is -0.273 e. The molecular weight excluding hydrogens is 500 g/mol. The second kappa shape index (κ2) is 11.6. The minimum absolute atomic E-state index is 0.266. The molecule has 3 rings (SSSR count). The first-order valence-electron chi connectivity index (χ1n) is 9.20. The van der Waals surface area contributed by atoms with Crippen molar-refractivity contribution < 1.29 is 9.59 Å². The second-order valence-electron chi connectivity index (χ2n) is 6.03. The Morgan fingerprint density at radius 3 is 1.66 bits per heavy atom. The zero-order valence-corrected chi connectivity index (χ0v) is 19.3. The number of hydrogen-bond acceptors (Lipinski definition) is 4. The third-order valence-electron chi connectivity index (χ3n) is 3.94. The van der Waals surface area contributed by atoms with Gasteiger partial charge in [0.05, 0.1) is 24.3 Å². The van der Waals surface area contributed by atoms with Gasteiger partial charge in [0.2, 0.25) is 11.8 Å². The van der Waals surface area contributed by atoms with Gasteiger partial charge in [-0.2, -0.15) is 10.2 Å². The number of carbonyl (C=O) groups excluding carboxylic acids is 2.